The van der Waals surface area contributed by atoms with Gasteiger partial charge >= 0.3 is 5.97 Å². The largest absolute Gasteiger partial charge is 0.477 e. The van der Waals surface area contributed by atoms with Crippen LogP contribution in [-0.4, -0.2) is 71.2 Å². The number of rotatable bonds is 7. The van der Waals surface area contributed by atoms with Gasteiger partial charge in [-0.05, 0) is 26.2 Å². The zero-order valence-electron chi connectivity index (χ0n) is 17.9. The average molecular weight is 516 g/mol. The Morgan fingerprint density at radius 2 is 1.91 bits per heavy atom. The highest BCUT2D eigenvalue weighted by atomic mass is 35.5. The van der Waals surface area contributed by atoms with Gasteiger partial charge in [0.15, 0.2) is 10.8 Å². The van der Waals surface area contributed by atoms with Crippen LogP contribution in [0.15, 0.2) is 0 Å². The maximum absolute atomic E-state index is 12.7. The minimum atomic E-state index is -1.19. The lowest BCUT2D eigenvalue weighted by Crippen LogP contribution is -2.55. The van der Waals surface area contributed by atoms with Crippen LogP contribution < -0.4 is 15.5 Å². The van der Waals surface area contributed by atoms with E-state index in [2.05, 4.69) is 20.6 Å². The average Bonchev–Trinajstić information content (AvgIpc) is 3.41. The molecule has 10 nitrogen and oxygen atoms in total. The van der Waals surface area contributed by atoms with Crippen LogP contribution in [0.4, 0.5) is 5.13 Å². The molecule has 4 N–H and O–H groups in total. The van der Waals surface area contributed by atoms with Crippen LogP contribution >= 0.6 is 34.5 Å². The fourth-order valence-electron chi connectivity index (χ4n) is 3.69. The van der Waals surface area contributed by atoms with Gasteiger partial charge in [-0.15, -0.1) is 0 Å². The molecule has 2 atom stereocenters. The van der Waals surface area contributed by atoms with Gasteiger partial charge in [0.05, 0.1) is 22.2 Å². The highest BCUT2D eigenvalue weighted by Gasteiger charge is 2.35. The van der Waals surface area contributed by atoms with E-state index in [4.69, 9.17) is 27.9 Å². The van der Waals surface area contributed by atoms with Crippen LogP contribution in [-0.2, 0) is 4.74 Å². The Morgan fingerprint density at radius 3 is 2.48 bits per heavy atom. The zero-order valence-corrected chi connectivity index (χ0v) is 20.2. The first kappa shape index (κ1) is 23.8. The van der Waals surface area contributed by atoms with Gasteiger partial charge in [0.2, 0.25) is 0 Å². The quantitative estimate of drug-likeness (QED) is 0.444. The number of halogens is 2. The maximum Gasteiger partial charge on any atom is 0.348 e. The van der Waals surface area contributed by atoms with E-state index in [-0.39, 0.29) is 33.4 Å². The Hall–Kier alpha value is -2.34. The Balaban J connectivity index is 1.47. The number of thiazole rings is 1. The number of carbonyl (C=O) groups is 3. The summed E-state index contributed by atoms with van der Waals surface area (Å²) in [5.41, 5.74) is 0.714. The summed E-state index contributed by atoms with van der Waals surface area (Å²) >= 11 is 13.2. The Kier molecular flexibility index (Phi) is 6.85. The van der Waals surface area contributed by atoms with E-state index in [0.29, 0.717) is 35.4 Å². The van der Waals surface area contributed by atoms with E-state index in [9.17, 15) is 19.5 Å². The summed E-state index contributed by atoms with van der Waals surface area (Å²) in [5, 5.41) is 16.2. The first-order chi connectivity index (χ1) is 15.7. The fourth-order valence-corrected chi connectivity index (χ4v) is 5.04. The number of ether oxygens (including phenoxy) is 1. The number of aromatic amines is 1. The molecule has 2 fully saturated rings. The first-order valence-corrected chi connectivity index (χ1v) is 11.9. The number of carbonyl (C=O) groups excluding carboxylic acids is 2. The number of aromatic carboxylic acids is 1. The molecule has 3 heterocycles. The number of aromatic nitrogens is 2. The second-order valence-corrected chi connectivity index (χ2v) is 9.80. The van der Waals surface area contributed by atoms with Gasteiger partial charge in [0, 0.05) is 31.9 Å². The van der Waals surface area contributed by atoms with Crippen LogP contribution in [0.3, 0.4) is 0 Å². The van der Waals surface area contributed by atoms with E-state index >= 15 is 0 Å². The van der Waals surface area contributed by atoms with Crippen molar-refractivity contribution in [2.75, 3.05) is 25.1 Å². The predicted octanol–water partition coefficient (Wildman–Crippen LogP) is 2.70. The van der Waals surface area contributed by atoms with Gasteiger partial charge in [-0.3, -0.25) is 9.59 Å². The minimum Gasteiger partial charge on any atom is -0.477 e. The summed E-state index contributed by atoms with van der Waals surface area (Å²) in [7, 11) is 1.54. The van der Waals surface area contributed by atoms with Crippen molar-refractivity contribution in [2.45, 2.75) is 44.4 Å². The van der Waals surface area contributed by atoms with Gasteiger partial charge < -0.3 is 30.4 Å². The lowest BCUT2D eigenvalue weighted by Gasteiger charge is -2.37. The Morgan fingerprint density at radius 1 is 1.18 bits per heavy atom. The lowest BCUT2D eigenvalue weighted by atomic mass is 10.0. The number of aryl methyl sites for hydroxylation is 1. The van der Waals surface area contributed by atoms with Crippen LogP contribution in [0.5, 0.6) is 0 Å². The third kappa shape index (κ3) is 4.96. The number of hydrogen-bond donors (Lipinski definition) is 4. The van der Waals surface area contributed by atoms with E-state index < -0.39 is 23.9 Å². The molecule has 1 aliphatic heterocycles. The molecule has 0 aromatic carbocycles. The number of H-pyrrole nitrogens is 1. The second-order valence-electron chi connectivity index (χ2n) is 8.07. The van der Waals surface area contributed by atoms with Crippen molar-refractivity contribution < 1.29 is 24.2 Å². The van der Waals surface area contributed by atoms with Crippen LogP contribution in [0.1, 0.15) is 55.6 Å². The van der Waals surface area contributed by atoms with Gasteiger partial charge in [0.25, 0.3) is 11.8 Å². The summed E-state index contributed by atoms with van der Waals surface area (Å²) in [6, 6.07) is -0.220. The van der Waals surface area contributed by atoms with Crippen molar-refractivity contribution in [1.29, 1.82) is 0 Å². The first-order valence-electron chi connectivity index (χ1n) is 10.4. The van der Waals surface area contributed by atoms with Crippen molar-refractivity contribution in [2.24, 2.45) is 0 Å². The van der Waals surface area contributed by atoms with Gasteiger partial charge in [-0.2, -0.15) is 0 Å². The van der Waals surface area contributed by atoms with Crippen molar-refractivity contribution in [1.82, 2.24) is 20.6 Å². The number of hydrogen-bond acceptors (Lipinski definition) is 7. The van der Waals surface area contributed by atoms with Crippen molar-refractivity contribution in [3.63, 3.8) is 0 Å². The highest BCUT2D eigenvalue weighted by molar-refractivity contribution is 7.17. The topological polar surface area (TPSA) is 137 Å². The van der Waals surface area contributed by atoms with E-state index in [0.717, 1.165) is 24.2 Å². The summed E-state index contributed by atoms with van der Waals surface area (Å²) < 4.78 is 5.60. The number of carboxylic acid groups (broad SMARTS) is 1. The summed E-state index contributed by atoms with van der Waals surface area (Å²) in [6.07, 6.45) is 1.90. The molecule has 1 aliphatic carbocycles. The number of amides is 2. The van der Waals surface area contributed by atoms with E-state index in [1.807, 2.05) is 4.90 Å². The minimum absolute atomic E-state index is 0.0765. The molecule has 2 aromatic heterocycles. The summed E-state index contributed by atoms with van der Waals surface area (Å²) in [4.78, 5) is 45.9. The number of methoxy groups -OCH3 is 1. The molecule has 1 saturated heterocycles. The molecule has 33 heavy (non-hydrogen) atoms. The zero-order chi connectivity index (χ0) is 23.9. The van der Waals surface area contributed by atoms with Gasteiger partial charge in [-0.1, -0.05) is 34.5 Å². The standard InChI is InChI=1S/C20H23Cl2N5O5S/c1-8-12(21)13(22)14(23-8)17(28)25-10-5-6-27(7-11(10)32-2)20-26-15(16(33-20)19(30)31)18(29)24-9-3-4-9/h9-11,23H,3-7H2,1-2H3,(H,24,29)(H,25,28)(H,30,31)/t10-,11+/m1/s1. The maximum atomic E-state index is 12.7. The van der Waals surface area contributed by atoms with Crippen molar-refractivity contribution in [3.05, 3.63) is 32.0 Å². The van der Waals surface area contributed by atoms with Gasteiger partial charge in [-0.25, -0.2) is 9.78 Å². The number of nitrogens with one attached hydrogen (secondary N) is 3. The van der Waals surface area contributed by atoms with E-state index in [1.165, 1.54) is 7.11 Å². The van der Waals surface area contributed by atoms with Crippen LogP contribution in [0.2, 0.25) is 10.0 Å². The SMILES string of the molecule is CO[C@H]1CN(c2nc(C(=O)NC3CC3)c(C(=O)O)s2)CC[C@H]1NC(=O)c1[nH]c(C)c(Cl)c1Cl. The smallest absolute Gasteiger partial charge is 0.348 e. The van der Waals surface area contributed by atoms with Crippen LogP contribution in [0.25, 0.3) is 0 Å². The summed E-state index contributed by atoms with van der Waals surface area (Å²) in [5.74, 6) is -2.06. The molecule has 2 aliphatic rings. The molecule has 2 amide bonds. The number of piperidine rings is 1. The third-order valence-electron chi connectivity index (χ3n) is 5.67. The number of carboxylic acids is 1. The molecule has 4 rings (SSSR count). The fraction of sp³-hybridized carbons (Fsp3) is 0.500. The third-order valence-corrected chi connectivity index (χ3v) is 7.72. The molecule has 178 valence electrons. The molecule has 1 saturated carbocycles. The Bertz CT molecular complexity index is 1100. The Labute approximate surface area is 203 Å². The van der Waals surface area contributed by atoms with Crippen molar-refractivity contribution >= 4 is 57.5 Å². The van der Waals surface area contributed by atoms with Crippen molar-refractivity contribution in [3.8, 4) is 0 Å². The molecule has 0 spiro atoms. The van der Waals surface area contributed by atoms with Crippen LogP contribution in [0, 0.1) is 6.92 Å². The summed E-state index contributed by atoms with van der Waals surface area (Å²) in [6.45, 7) is 2.56. The van der Waals surface area contributed by atoms with Gasteiger partial charge in [0.1, 0.15) is 10.6 Å². The monoisotopic (exact) mass is 515 g/mol. The predicted molar refractivity (Wildman–Crippen MR) is 124 cm³/mol. The molecule has 0 radical (unpaired) electrons. The normalized spacial score (nSPS) is 20.5. The number of nitrogens with zero attached hydrogens (tertiary/aromatic N) is 2. The molecular formula is C20H23Cl2N5O5S. The molecule has 13 heteroatoms. The number of anilines is 1. The molecular weight excluding hydrogens is 493 g/mol. The van der Waals surface area contributed by atoms with E-state index in [1.54, 1.807) is 6.92 Å². The second kappa shape index (κ2) is 9.49. The lowest BCUT2D eigenvalue weighted by molar-refractivity contribution is 0.0540. The molecule has 0 bridgehead atoms. The molecule has 2 aromatic rings. The highest BCUT2D eigenvalue weighted by Crippen LogP contribution is 2.31. The molecule has 0 unspecified atom stereocenters.